The van der Waals surface area contributed by atoms with Crippen molar-refractivity contribution in [2.45, 2.75) is 19.8 Å². The Hall–Kier alpha value is -1.62. The maximum atomic E-state index is 12.3. The molecular weight excluding hydrogens is 332 g/mol. The molecule has 1 fully saturated rings. The molecule has 0 radical (unpaired) electrons. The van der Waals surface area contributed by atoms with Crippen LogP contribution in [0.25, 0.3) is 0 Å². The van der Waals surface area contributed by atoms with Gasteiger partial charge in [-0.1, -0.05) is 28.6 Å². The van der Waals surface area contributed by atoms with Crippen LogP contribution in [0.4, 0.5) is 5.69 Å². The Morgan fingerprint density at radius 1 is 1.48 bits per heavy atom. The molecule has 4 nitrogen and oxygen atoms in total. The van der Waals surface area contributed by atoms with Crippen molar-refractivity contribution < 1.29 is 9.59 Å². The van der Waals surface area contributed by atoms with Gasteiger partial charge in [0.05, 0.1) is 5.92 Å². The molecule has 1 aromatic carbocycles. The standard InChI is InChI=1S/C16H19BrN2O2/c1-3-15(20)19-8-4-5-12(10-19)16(21)18-13-7-6-11(2)14(17)9-13/h3,6-7,9,12H,1,4-5,8,10H2,2H3,(H,18,21). The highest BCUT2D eigenvalue weighted by Crippen LogP contribution is 2.23. The monoisotopic (exact) mass is 350 g/mol. The fourth-order valence-corrected chi connectivity index (χ4v) is 2.81. The molecule has 2 amide bonds. The van der Waals surface area contributed by atoms with E-state index < -0.39 is 0 Å². The minimum Gasteiger partial charge on any atom is -0.338 e. The number of halogens is 1. The lowest BCUT2D eigenvalue weighted by Crippen LogP contribution is -2.43. The average Bonchev–Trinajstić information content (AvgIpc) is 2.50. The molecule has 1 atom stereocenters. The Morgan fingerprint density at radius 2 is 2.24 bits per heavy atom. The Morgan fingerprint density at radius 3 is 2.90 bits per heavy atom. The number of aryl methyl sites for hydroxylation is 1. The van der Waals surface area contributed by atoms with Crippen molar-refractivity contribution in [3.05, 3.63) is 40.9 Å². The van der Waals surface area contributed by atoms with E-state index in [-0.39, 0.29) is 17.7 Å². The van der Waals surface area contributed by atoms with Gasteiger partial charge in [-0.15, -0.1) is 0 Å². The third kappa shape index (κ3) is 3.94. The zero-order valence-electron chi connectivity index (χ0n) is 12.1. The smallest absolute Gasteiger partial charge is 0.245 e. The fraction of sp³-hybridized carbons (Fsp3) is 0.375. The number of anilines is 1. The van der Waals surface area contributed by atoms with Gasteiger partial charge in [0.25, 0.3) is 0 Å². The van der Waals surface area contributed by atoms with Crippen LogP contribution in [0.5, 0.6) is 0 Å². The van der Waals surface area contributed by atoms with E-state index in [9.17, 15) is 9.59 Å². The Bertz CT molecular complexity index is 571. The Labute approximate surface area is 133 Å². The number of hydrogen-bond donors (Lipinski definition) is 1. The van der Waals surface area contributed by atoms with E-state index in [0.717, 1.165) is 28.6 Å². The van der Waals surface area contributed by atoms with Gasteiger partial charge in [0.2, 0.25) is 11.8 Å². The summed E-state index contributed by atoms with van der Waals surface area (Å²) in [5, 5.41) is 2.92. The van der Waals surface area contributed by atoms with Gasteiger partial charge >= 0.3 is 0 Å². The van der Waals surface area contributed by atoms with Crippen molar-refractivity contribution in [2.24, 2.45) is 5.92 Å². The lowest BCUT2D eigenvalue weighted by molar-refractivity contribution is -0.130. The number of hydrogen-bond acceptors (Lipinski definition) is 2. The first-order chi connectivity index (χ1) is 10.0. The first-order valence-corrected chi connectivity index (χ1v) is 7.79. The number of carbonyl (C=O) groups excluding carboxylic acids is 2. The second-order valence-corrected chi connectivity index (χ2v) is 6.14. The molecule has 1 unspecified atom stereocenters. The van der Waals surface area contributed by atoms with Gasteiger partial charge in [0.1, 0.15) is 0 Å². The van der Waals surface area contributed by atoms with Crippen LogP contribution in [0.15, 0.2) is 35.3 Å². The van der Waals surface area contributed by atoms with Crippen LogP contribution < -0.4 is 5.32 Å². The molecule has 0 saturated carbocycles. The van der Waals surface area contributed by atoms with Gasteiger partial charge < -0.3 is 10.2 Å². The number of likely N-dealkylation sites (tertiary alicyclic amines) is 1. The van der Waals surface area contributed by atoms with E-state index in [1.807, 2.05) is 25.1 Å². The zero-order chi connectivity index (χ0) is 15.4. The number of piperidine rings is 1. The third-order valence-corrected chi connectivity index (χ3v) is 4.57. The maximum absolute atomic E-state index is 12.3. The van der Waals surface area contributed by atoms with Gasteiger partial charge in [0, 0.05) is 23.2 Å². The molecule has 1 N–H and O–H groups in total. The van der Waals surface area contributed by atoms with E-state index in [1.165, 1.54) is 6.08 Å². The van der Waals surface area contributed by atoms with Crippen LogP contribution >= 0.6 is 15.9 Å². The van der Waals surface area contributed by atoms with Gasteiger partial charge in [-0.25, -0.2) is 0 Å². The predicted molar refractivity (Wildman–Crippen MR) is 87.0 cm³/mol. The van der Waals surface area contributed by atoms with Gasteiger partial charge in [-0.2, -0.15) is 0 Å². The van der Waals surface area contributed by atoms with Crippen LogP contribution in [0, 0.1) is 12.8 Å². The zero-order valence-corrected chi connectivity index (χ0v) is 13.6. The molecule has 112 valence electrons. The quantitative estimate of drug-likeness (QED) is 0.851. The fourth-order valence-electron chi connectivity index (χ4n) is 2.44. The van der Waals surface area contributed by atoms with Crippen molar-refractivity contribution in [3.8, 4) is 0 Å². The molecule has 0 aliphatic carbocycles. The van der Waals surface area contributed by atoms with E-state index in [2.05, 4.69) is 27.8 Å². The first-order valence-electron chi connectivity index (χ1n) is 6.99. The first kappa shape index (κ1) is 15.8. The second kappa shape index (κ2) is 6.89. The van der Waals surface area contributed by atoms with Crippen LogP contribution in [0.2, 0.25) is 0 Å². The summed E-state index contributed by atoms with van der Waals surface area (Å²) in [5.41, 5.74) is 1.89. The summed E-state index contributed by atoms with van der Waals surface area (Å²) >= 11 is 3.45. The number of nitrogens with one attached hydrogen (secondary N) is 1. The normalized spacial score (nSPS) is 18.2. The Kier molecular flexibility index (Phi) is 5.17. The van der Waals surface area contributed by atoms with Crippen LogP contribution in [0.3, 0.4) is 0 Å². The molecular formula is C16H19BrN2O2. The highest BCUT2D eigenvalue weighted by atomic mass is 79.9. The summed E-state index contributed by atoms with van der Waals surface area (Å²) in [7, 11) is 0. The molecule has 5 heteroatoms. The van der Waals surface area contributed by atoms with E-state index >= 15 is 0 Å². The molecule has 1 aliphatic heterocycles. The van der Waals surface area contributed by atoms with Crippen LogP contribution in [0.1, 0.15) is 18.4 Å². The highest BCUT2D eigenvalue weighted by Gasteiger charge is 2.27. The minimum absolute atomic E-state index is 0.0349. The van der Waals surface area contributed by atoms with E-state index in [0.29, 0.717) is 13.1 Å². The van der Waals surface area contributed by atoms with Crippen molar-refractivity contribution in [1.29, 1.82) is 0 Å². The predicted octanol–water partition coefficient (Wildman–Crippen LogP) is 3.12. The number of nitrogens with zero attached hydrogens (tertiary/aromatic N) is 1. The molecule has 2 rings (SSSR count). The number of benzene rings is 1. The average molecular weight is 351 g/mol. The van der Waals surface area contributed by atoms with Crippen molar-refractivity contribution in [1.82, 2.24) is 4.90 Å². The van der Waals surface area contributed by atoms with E-state index in [1.54, 1.807) is 4.90 Å². The Balaban J connectivity index is 2.00. The molecule has 1 aromatic rings. The summed E-state index contributed by atoms with van der Waals surface area (Å²) in [5.74, 6) is -0.305. The van der Waals surface area contributed by atoms with Crippen molar-refractivity contribution in [2.75, 3.05) is 18.4 Å². The molecule has 1 saturated heterocycles. The molecule has 1 aliphatic rings. The van der Waals surface area contributed by atoms with Crippen LogP contribution in [-0.2, 0) is 9.59 Å². The molecule has 0 bridgehead atoms. The minimum atomic E-state index is -0.164. The molecule has 1 heterocycles. The van der Waals surface area contributed by atoms with E-state index in [4.69, 9.17) is 0 Å². The summed E-state index contributed by atoms with van der Waals surface area (Å²) in [6, 6.07) is 5.73. The number of rotatable bonds is 3. The SMILES string of the molecule is C=CC(=O)N1CCCC(C(=O)Nc2ccc(C)c(Br)c2)C1. The van der Waals surface area contributed by atoms with Crippen molar-refractivity contribution in [3.63, 3.8) is 0 Å². The third-order valence-electron chi connectivity index (χ3n) is 3.72. The molecule has 0 spiro atoms. The van der Waals surface area contributed by atoms with Gasteiger partial charge in [0.15, 0.2) is 0 Å². The summed E-state index contributed by atoms with van der Waals surface area (Å²) < 4.78 is 0.965. The second-order valence-electron chi connectivity index (χ2n) is 5.28. The van der Waals surface area contributed by atoms with Gasteiger partial charge in [-0.3, -0.25) is 9.59 Å². The largest absolute Gasteiger partial charge is 0.338 e. The lowest BCUT2D eigenvalue weighted by atomic mass is 9.97. The highest BCUT2D eigenvalue weighted by molar-refractivity contribution is 9.10. The summed E-state index contributed by atoms with van der Waals surface area (Å²) in [6.07, 6.45) is 2.95. The molecule has 0 aromatic heterocycles. The lowest BCUT2D eigenvalue weighted by Gasteiger charge is -2.31. The van der Waals surface area contributed by atoms with Gasteiger partial charge in [-0.05, 0) is 43.5 Å². The number of carbonyl (C=O) groups is 2. The topological polar surface area (TPSA) is 49.4 Å². The summed E-state index contributed by atoms with van der Waals surface area (Å²) in [4.78, 5) is 25.7. The molecule has 21 heavy (non-hydrogen) atoms. The van der Waals surface area contributed by atoms with Crippen molar-refractivity contribution >= 4 is 33.4 Å². The maximum Gasteiger partial charge on any atom is 0.245 e. The summed E-state index contributed by atoms with van der Waals surface area (Å²) in [6.45, 7) is 6.65. The van der Waals surface area contributed by atoms with Crippen LogP contribution in [-0.4, -0.2) is 29.8 Å². The number of amides is 2.